The van der Waals surface area contributed by atoms with Crippen molar-refractivity contribution in [3.05, 3.63) is 29.1 Å². The number of nitriles is 1. The van der Waals surface area contributed by atoms with Gasteiger partial charge in [0.1, 0.15) is 17.4 Å². The van der Waals surface area contributed by atoms with Crippen LogP contribution in [0.2, 0.25) is 0 Å². The first kappa shape index (κ1) is 21.3. The van der Waals surface area contributed by atoms with Crippen molar-refractivity contribution in [3.63, 3.8) is 0 Å². The highest BCUT2D eigenvalue weighted by atomic mass is 16.6. The summed E-state index contributed by atoms with van der Waals surface area (Å²) in [4.78, 5) is 26.1. The summed E-state index contributed by atoms with van der Waals surface area (Å²) in [5.41, 5.74) is 1.80. The number of carbonyl (C=O) groups is 1. The minimum Gasteiger partial charge on any atom is -0.444 e. The minimum atomic E-state index is -0.509. The Labute approximate surface area is 173 Å². The lowest BCUT2D eigenvalue weighted by atomic mass is 9.97. The van der Waals surface area contributed by atoms with E-state index < -0.39 is 5.60 Å². The molecule has 0 saturated carbocycles. The molecule has 0 spiro atoms. The van der Waals surface area contributed by atoms with Crippen molar-refractivity contribution < 1.29 is 9.53 Å². The molecule has 2 aliphatic heterocycles. The van der Waals surface area contributed by atoms with E-state index in [1.807, 2.05) is 38.0 Å². The summed E-state index contributed by atoms with van der Waals surface area (Å²) in [5, 5.41) is 9.25. The number of piperazine rings is 1. The molecular formula is C22H31N5O2. The zero-order valence-electron chi connectivity index (χ0n) is 18.1. The first-order chi connectivity index (χ1) is 13.7. The SMILES string of the molecule is CC(C)CC1CN(C2CN=Cc3ccc(C#N)nc32)CCN1C(=O)OC(C)(C)C. The van der Waals surface area contributed by atoms with E-state index in [2.05, 4.69) is 34.8 Å². The molecule has 2 atom stereocenters. The fourth-order valence-corrected chi connectivity index (χ4v) is 4.02. The Bertz CT molecular complexity index is 821. The maximum Gasteiger partial charge on any atom is 0.410 e. The van der Waals surface area contributed by atoms with Gasteiger partial charge in [-0.1, -0.05) is 13.8 Å². The van der Waals surface area contributed by atoms with Gasteiger partial charge >= 0.3 is 6.09 Å². The smallest absolute Gasteiger partial charge is 0.410 e. The second-order valence-electron chi connectivity index (χ2n) is 9.24. The van der Waals surface area contributed by atoms with Crippen molar-refractivity contribution in [1.29, 1.82) is 5.26 Å². The molecular weight excluding hydrogens is 366 g/mol. The van der Waals surface area contributed by atoms with Gasteiger partial charge in [0.25, 0.3) is 0 Å². The van der Waals surface area contributed by atoms with Gasteiger partial charge in [-0.05, 0) is 45.2 Å². The van der Waals surface area contributed by atoms with Crippen molar-refractivity contribution in [2.45, 2.75) is 58.7 Å². The number of carbonyl (C=O) groups excluding carboxylic acids is 1. The normalized spacial score (nSPS) is 22.3. The van der Waals surface area contributed by atoms with Gasteiger partial charge in [0, 0.05) is 37.5 Å². The summed E-state index contributed by atoms with van der Waals surface area (Å²) in [6.45, 7) is 12.7. The van der Waals surface area contributed by atoms with Gasteiger partial charge in [0.2, 0.25) is 0 Å². The van der Waals surface area contributed by atoms with Crippen LogP contribution < -0.4 is 0 Å². The Balaban J connectivity index is 1.81. The molecule has 7 heteroatoms. The Morgan fingerprint density at radius 1 is 1.34 bits per heavy atom. The fraction of sp³-hybridized carbons (Fsp3) is 0.636. The van der Waals surface area contributed by atoms with E-state index in [0.717, 1.165) is 30.8 Å². The van der Waals surface area contributed by atoms with E-state index >= 15 is 0 Å². The molecule has 0 radical (unpaired) electrons. The highest BCUT2D eigenvalue weighted by molar-refractivity contribution is 5.82. The molecule has 0 aromatic carbocycles. The minimum absolute atomic E-state index is 0.0266. The molecule has 2 aliphatic rings. The number of amides is 1. The molecule has 29 heavy (non-hydrogen) atoms. The van der Waals surface area contributed by atoms with Crippen LogP contribution in [0.1, 0.15) is 64.0 Å². The largest absolute Gasteiger partial charge is 0.444 e. The van der Waals surface area contributed by atoms with Crippen molar-refractivity contribution in [2.75, 3.05) is 26.2 Å². The number of fused-ring (bicyclic) bond motifs is 1. The second-order valence-corrected chi connectivity index (χ2v) is 9.24. The summed E-state index contributed by atoms with van der Waals surface area (Å²) in [6.07, 6.45) is 2.50. The van der Waals surface area contributed by atoms with Crippen molar-refractivity contribution in [1.82, 2.24) is 14.8 Å². The second kappa shape index (κ2) is 8.50. The number of aromatic nitrogens is 1. The number of pyridine rings is 1. The van der Waals surface area contributed by atoms with Crippen molar-refractivity contribution in [2.24, 2.45) is 10.9 Å². The predicted molar refractivity (Wildman–Crippen MR) is 112 cm³/mol. The molecule has 3 heterocycles. The summed E-state index contributed by atoms with van der Waals surface area (Å²) in [7, 11) is 0. The van der Waals surface area contributed by atoms with Crippen LogP contribution in [0.5, 0.6) is 0 Å². The van der Waals surface area contributed by atoms with Gasteiger partial charge < -0.3 is 9.64 Å². The molecule has 156 valence electrons. The van der Waals surface area contributed by atoms with E-state index in [1.165, 1.54) is 0 Å². The number of nitrogens with zero attached hydrogens (tertiary/aromatic N) is 5. The van der Waals surface area contributed by atoms with Gasteiger partial charge in [-0.3, -0.25) is 9.89 Å². The third-order valence-corrected chi connectivity index (χ3v) is 5.22. The maximum absolute atomic E-state index is 12.8. The average molecular weight is 398 g/mol. The monoisotopic (exact) mass is 397 g/mol. The van der Waals surface area contributed by atoms with E-state index in [9.17, 15) is 10.1 Å². The van der Waals surface area contributed by atoms with Crippen LogP contribution in [0.15, 0.2) is 17.1 Å². The first-order valence-electron chi connectivity index (χ1n) is 10.3. The molecule has 0 bridgehead atoms. The number of rotatable bonds is 3. The molecule has 1 aromatic rings. The molecule has 2 unspecified atom stereocenters. The Morgan fingerprint density at radius 2 is 2.10 bits per heavy atom. The average Bonchev–Trinajstić information content (AvgIpc) is 2.65. The summed E-state index contributed by atoms with van der Waals surface area (Å²) >= 11 is 0. The van der Waals surface area contributed by atoms with Gasteiger partial charge in [-0.15, -0.1) is 0 Å². The molecule has 3 rings (SSSR count). The molecule has 0 aliphatic carbocycles. The van der Waals surface area contributed by atoms with Crippen molar-refractivity contribution in [3.8, 4) is 6.07 Å². The van der Waals surface area contributed by atoms with E-state index in [-0.39, 0.29) is 18.2 Å². The topological polar surface area (TPSA) is 81.8 Å². The van der Waals surface area contributed by atoms with E-state index in [4.69, 9.17) is 4.74 Å². The zero-order chi connectivity index (χ0) is 21.2. The zero-order valence-corrected chi connectivity index (χ0v) is 18.1. The number of ether oxygens (including phenoxy) is 1. The summed E-state index contributed by atoms with van der Waals surface area (Å²) in [6, 6.07) is 5.89. The molecule has 0 N–H and O–H groups in total. The quantitative estimate of drug-likeness (QED) is 0.781. The van der Waals surface area contributed by atoms with E-state index in [1.54, 1.807) is 6.07 Å². The highest BCUT2D eigenvalue weighted by Crippen LogP contribution is 2.30. The van der Waals surface area contributed by atoms with Crippen LogP contribution in [0.4, 0.5) is 4.79 Å². The Morgan fingerprint density at radius 3 is 2.76 bits per heavy atom. The standard InChI is InChI=1S/C22H31N5O2/c1-15(2)10-18-14-26(8-9-27(18)21(28)29-22(3,4)5)19-13-24-12-16-6-7-17(11-23)25-20(16)19/h6-7,12,15,18-19H,8-10,13-14H2,1-5H3. The van der Waals surface area contributed by atoms with Gasteiger partial charge in [0.05, 0.1) is 18.3 Å². The van der Waals surface area contributed by atoms with Gasteiger partial charge in [0.15, 0.2) is 0 Å². The summed E-state index contributed by atoms with van der Waals surface area (Å²) in [5.74, 6) is 0.463. The predicted octanol–water partition coefficient (Wildman–Crippen LogP) is 3.39. The maximum atomic E-state index is 12.8. The van der Waals surface area contributed by atoms with Crippen LogP contribution in [-0.2, 0) is 4.74 Å². The molecule has 1 amide bonds. The van der Waals surface area contributed by atoms with Crippen LogP contribution in [-0.4, -0.2) is 64.9 Å². The highest BCUT2D eigenvalue weighted by Gasteiger charge is 2.37. The van der Waals surface area contributed by atoms with Gasteiger partial charge in [-0.2, -0.15) is 5.26 Å². The first-order valence-corrected chi connectivity index (χ1v) is 10.3. The van der Waals surface area contributed by atoms with Crippen LogP contribution in [0, 0.1) is 17.2 Å². The lowest BCUT2D eigenvalue weighted by Gasteiger charge is -2.45. The van der Waals surface area contributed by atoms with Crippen LogP contribution >= 0.6 is 0 Å². The lowest BCUT2D eigenvalue weighted by Crippen LogP contribution is -2.57. The third-order valence-electron chi connectivity index (χ3n) is 5.22. The van der Waals surface area contributed by atoms with Gasteiger partial charge in [-0.25, -0.2) is 9.78 Å². The van der Waals surface area contributed by atoms with Crippen LogP contribution in [0.25, 0.3) is 0 Å². The molecule has 1 fully saturated rings. The van der Waals surface area contributed by atoms with E-state index in [0.29, 0.717) is 24.7 Å². The van der Waals surface area contributed by atoms with Crippen molar-refractivity contribution >= 4 is 12.3 Å². The number of hydrogen-bond donors (Lipinski definition) is 0. The molecule has 1 saturated heterocycles. The molecule has 7 nitrogen and oxygen atoms in total. The number of hydrogen-bond acceptors (Lipinski definition) is 6. The fourth-order valence-electron chi connectivity index (χ4n) is 4.02. The Hall–Kier alpha value is -2.46. The third kappa shape index (κ3) is 5.13. The Kier molecular flexibility index (Phi) is 6.23. The summed E-state index contributed by atoms with van der Waals surface area (Å²) < 4.78 is 5.65. The number of aliphatic imine (C=N–C) groups is 1. The van der Waals surface area contributed by atoms with Crippen LogP contribution in [0.3, 0.4) is 0 Å². The molecule has 1 aromatic heterocycles. The lowest BCUT2D eigenvalue weighted by molar-refractivity contribution is -0.0110.